The van der Waals surface area contributed by atoms with E-state index in [-0.39, 0.29) is 0 Å². The molecule has 0 saturated carbocycles. The standard InChI is InChI=1S/C7H10BN/c1-2-6-3-4-8-7(9)5-6/h3-5H,2,9H2,1H3. The van der Waals surface area contributed by atoms with Crippen molar-refractivity contribution in [1.29, 1.82) is 0 Å². The second kappa shape index (κ2) is 2.67. The van der Waals surface area contributed by atoms with Gasteiger partial charge in [0.25, 0.3) is 0 Å². The molecule has 0 saturated heterocycles. The van der Waals surface area contributed by atoms with Gasteiger partial charge in [-0.05, 0) is 0 Å². The minimum atomic E-state index is 0.856. The van der Waals surface area contributed by atoms with Crippen LogP contribution in [0.5, 0.6) is 0 Å². The Balaban J connectivity index is 2.94. The average Bonchev–Trinajstić information content (AvgIpc) is 1.88. The second-order valence-electron chi connectivity index (χ2n) is 2.10. The molecule has 1 rings (SSSR count). The summed E-state index contributed by atoms with van der Waals surface area (Å²) >= 11 is 0. The van der Waals surface area contributed by atoms with Gasteiger partial charge in [-0.3, -0.25) is 0 Å². The number of anilines is 1. The molecule has 2 N–H and O–H groups in total. The predicted molar refractivity (Wildman–Crippen MR) is 41.6 cm³/mol. The molecule has 0 fully saturated rings. The zero-order valence-electron chi connectivity index (χ0n) is 5.59. The quantitative estimate of drug-likeness (QED) is 0.589. The van der Waals surface area contributed by atoms with Gasteiger partial charge >= 0.3 is 55.2 Å². The summed E-state index contributed by atoms with van der Waals surface area (Å²) in [5.41, 5.74) is 7.69. The Kier molecular flexibility index (Phi) is 1.88. The zero-order chi connectivity index (χ0) is 6.69. The maximum absolute atomic E-state index is 5.53. The molecular formula is C7H10BN. The van der Waals surface area contributed by atoms with Crippen molar-refractivity contribution < 1.29 is 0 Å². The first kappa shape index (κ1) is 6.34. The topological polar surface area (TPSA) is 26.0 Å². The van der Waals surface area contributed by atoms with Crippen LogP contribution in [0.25, 0.3) is 0 Å². The van der Waals surface area contributed by atoms with Gasteiger partial charge in [-0.1, -0.05) is 0 Å². The molecule has 0 bridgehead atoms. The molecule has 0 aliphatic rings. The van der Waals surface area contributed by atoms with E-state index in [4.69, 9.17) is 5.73 Å². The molecule has 0 aliphatic carbocycles. The molecule has 1 aromatic rings. The number of hydrogen-bond acceptors (Lipinski definition) is 1. The molecule has 1 aromatic heterocycles. The summed E-state index contributed by atoms with van der Waals surface area (Å²) in [6.07, 6.45) is 1.06. The van der Waals surface area contributed by atoms with Crippen molar-refractivity contribution >= 4 is 12.5 Å². The Morgan fingerprint density at radius 1 is 1.67 bits per heavy atom. The van der Waals surface area contributed by atoms with Crippen molar-refractivity contribution in [2.24, 2.45) is 0 Å². The molecule has 2 heteroatoms. The van der Waals surface area contributed by atoms with Crippen molar-refractivity contribution in [2.45, 2.75) is 13.3 Å². The number of aryl methyl sites for hydroxylation is 1. The summed E-state index contributed by atoms with van der Waals surface area (Å²) in [4.78, 5) is 0. The first-order chi connectivity index (χ1) is 4.33. The molecule has 0 radical (unpaired) electrons. The van der Waals surface area contributed by atoms with Crippen LogP contribution in [-0.2, 0) is 6.42 Å². The van der Waals surface area contributed by atoms with Crippen LogP contribution in [0.1, 0.15) is 12.5 Å². The Bertz CT molecular complexity index is 198. The fraction of sp³-hybridized carbons (Fsp3) is 0.286. The minimum absolute atomic E-state index is 0.856. The van der Waals surface area contributed by atoms with Gasteiger partial charge in [0.2, 0.25) is 0 Å². The molecule has 0 atom stereocenters. The van der Waals surface area contributed by atoms with Gasteiger partial charge in [-0.2, -0.15) is 0 Å². The molecule has 0 unspecified atom stereocenters. The third-order valence-corrected chi connectivity index (χ3v) is 1.36. The molecule has 0 amide bonds. The third kappa shape index (κ3) is 1.56. The van der Waals surface area contributed by atoms with E-state index < -0.39 is 0 Å². The van der Waals surface area contributed by atoms with E-state index in [2.05, 4.69) is 13.0 Å². The number of rotatable bonds is 1. The van der Waals surface area contributed by atoms with Gasteiger partial charge in [0.15, 0.2) is 0 Å². The van der Waals surface area contributed by atoms with Crippen LogP contribution in [-0.4, -0.2) is 6.91 Å². The van der Waals surface area contributed by atoms with Crippen LogP contribution in [0.2, 0.25) is 0 Å². The number of hydrogen-bond donors (Lipinski definition) is 1. The van der Waals surface area contributed by atoms with E-state index >= 15 is 0 Å². The fourth-order valence-electron chi connectivity index (χ4n) is 0.813. The van der Waals surface area contributed by atoms with Gasteiger partial charge in [0.1, 0.15) is 0 Å². The first-order valence-electron chi connectivity index (χ1n) is 3.17. The monoisotopic (exact) mass is 119 g/mol. The number of nitrogens with two attached hydrogens (primary N) is 1. The summed E-state index contributed by atoms with van der Waals surface area (Å²) in [5, 5.41) is 0. The van der Waals surface area contributed by atoms with Crippen LogP contribution < -0.4 is 5.73 Å². The van der Waals surface area contributed by atoms with E-state index in [9.17, 15) is 0 Å². The van der Waals surface area contributed by atoms with E-state index in [0.29, 0.717) is 0 Å². The summed E-state index contributed by atoms with van der Waals surface area (Å²) < 4.78 is 0. The Hall–Kier alpha value is -0.785. The molecule has 46 valence electrons. The summed E-state index contributed by atoms with van der Waals surface area (Å²) in [5.74, 6) is 1.98. The van der Waals surface area contributed by atoms with Crippen LogP contribution in [0.15, 0.2) is 18.1 Å². The SMILES string of the molecule is CCc1ccbc(N)c1. The first-order valence-corrected chi connectivity index (χ1v) is 3.17. The van der Waals surface area contributed by atoms with E-state index in [1.807, 2.05) is 18.9 Å². The van der Waals surface area contributed by atoms with Crippen molar-refractivity contribution in [2.75, 3.05) is 5.73 Å². The second-order valence-corrected chi connectivity index (χ2v) is 2.10. The van der Waals surface area contributed by atoms with Gasteiger partial charge in [0.05, 0.1) is 0 Å². The van der Waals surface area contributed by atoms with Crippen LogP contribution >= 0.6 is 0 Å². The van der Waals surface area contributed by atoms with Crippen molar-refractivity contribution in [1.82, 2.24) is 0 Å². The Morgan fingerprint density at radius 2 is 2.44 bits per heavy atom. The Labute approximate surface area is 56.1 Å². The summed E-state index contributed by atoms with van der Waals surface area (Å²) in [6.45, 7) is 4.02. The average molecular weight is 119 g/mol. The zero-order valence-corrected chi connectivity index (χ0v) is 5.59. The maximum atomic E-state index is 5.53. The predicted octanol–water partition coefficient (Wildman–Crippen LogP) is 1.17. The molecule has 0 aromatic carbocycles. The van der Waals surface area contributed by atoms with Crippen LogP contribution in [0, 0.1) is 0 Å². The van der Waals surface area contributed by atoms with Gasteiger partial charge < -0.3 is 0 Å². The Morgan fingerprint density at radius 3 is 2.89 bits per heavy atom. The van der Waals surface area contributed by atoms with Crippen molar-refractivity contribution in [3.05, 3.63) is 23.7 Å². The van der Waals surface area contributed by atoms with Crippen molar-refractivity contribution in [3.8, 4) is 0 Å². The van der Waals surface area contributed by atoms with Gasteiger partial charge in [-0.25, -0.2) is 0 Å². The van der Waals surface area contributed by atoms with E-state index in [1.54, 1.807) is 0 Å². The van der Waals surface area contributed by atoms with E-state index in [1.165, 1.54) is 5.56 Å². The number of nitrogen functional groups attached to an aromatic ring is 1. The van der Waals surface area contributed by atoms with Crippen molar-refractivity contribution in [3.63, 3.8) is 0 Å². The van der Waals surface area contributed by atoms with Gasteiger partial charge in [0, 0.05) is 0 Å². The molecular weight excluding hydrogens is 109 g/mol. The van der Waals surface area contributed by atoms with Gasteiger partial charge in [-0.15, -0.1) is 0 Å². The molecule has 0 spiro atoms. The third-order valence-electron chi connectivity index (χ3n) is 1.36. The summed E-state index contributed by atoms with van der Waals surface area (Å²) in [7, 11) is 0. The van der Waals surface area contributed by atoms with Crippen LogP contribution in [0.4, 0.5) is 5.58 Å². The summed E-state index contributed by atoms with van der Waals surface area (Å²) in [6, 6.07) is 4.08. The molecule has 1 nitrogen and oxygen atoms in total. The fourth-order valence-corrected chi connectivity index (χ4v) is 0.813. The van der Waals surface area contributed by atoms with Crippen LogP contribution in [0.3, 0.4) is 0 Å². The normalized spacial score (nSPS) is 9.00. The van der Waals surface area contributed by atoms with E-state index in [0.717, 1.165) is 12.0 Å². The molecule has 0 aliphatic heterocycles. The molecule has 9 heavy (non-hydrogen) atoms. The molecule has 1 heterocycles.